The van der Waals surface area contributed by atoms with Gasteiger partial charge in [-0.15, -0.1) is 0 Å². The van der Waals surface area contributed by atoms with E-state index in [0.29, 0.717) is 38.5 Å². The normalized spacial score (nSPS) is 15.0. The minimum absolute atomic E-state index is 0.0243. The van der Waals surface area contributed by atoms with Crippen molar-refractivity contribution in [3.05, 3.63) is 194 Å². The number of esters is 4. The second-order valence-corrected chi connectivity index (χ2v) is 27.7. The number of rotatable bonds is 70. The Kier molecular flexibility index (Phi) is 70.7. The van der Waals surface area contributed by atoms with Crippen LogP contribution in [0.15, 0.2) is 194 Å². The van der Waals surface area contributed by atoms with Crippen molar-refractivity contribution in [3.8, 4) is 0 Å². The quantitative estimate of drug-likeness (QED) is 0.0169. The second kappa shape index (κ2) is 75.1. The minimum atomic E-state index is -5.01. The van der Waals surface area contributed by atoms with E-state index in [9.17, 15) is 43.2 Å². The lowest BCUT2D eigenvalue weighted by Crippen LogP contribution is -2.30. The van der Waals surface area contributed by atoms with Crippen LogP contribution in [0, 0.1) is 0 Å². The lowest BCUT2D eigenvalue weighted by Gasteiger charge is -2.21. The van der Waals surface area contributed by atoms with E-state index in [2.05, 4.69) is 192 Å². The van der Waals surface area contributed by atoms with Crippen LogP contribution in [-0.4, -0.2) is 96.7 Å². The van der Waals surface area contributed by atoms with E-state index in [1.807, 2.05) is 30.4 Å². The third-order valence-electron chi connectivity index (χ3n) is 15.0. The number of phosphoric ester groups is 2. The van der Waals surface area contributed by atoms with E-state index < -0.39 is 97.5 Å². The molecule has 586 valence electrons. The Bertz CT molecular complexity index is 2740. The maximum Gasteiger partial charge on any atom is 0.472 e. The first-order valence-corrected chi connectivity index (χ1v) is 41.7. The Morgan fingerprint density at radius 3 is 0.856 bits per heavy atom. The van der Waals surface area contributed by atoms with Crippen LogP contribution in [0.2, 0.25) is 0 Å². The number of allylic oxidation sites excluding steroid dienone is 32. The highest BCUT2D eigenvalue weighted by Crippen LogP contribution is 2.45. The summed E-state index contributed by atoms with van der Waals surface area (Å²) in [6.07, 6.45) is 91.6. The molecule has 0 amide bonds. The zero-order valence-electron chi connectivity index (χ0n) is 63.9. The van der Waals surface area contributed by atoms with E-state index in [0.717, 1.165) is 167 Å². The monoisotopic (exact) mass is 1490 g/mol. The van der Waals surface area contributed by atoms with Crippen molar-refractivity contribution in [1.29, 1.82) is 0 Å². The number of carbonyl (C=O) groups is 4. The first kappa shape index (κ1) is 97.9. The smallest absolute Gasteiger partial charge is 0.462 e. The van der Waals surface area contributed by atoms with Crippen LogP contribution in [0.1, 0.15) is 259 Å². The molecule has 0 spiro atoms. The molecule has 0 aromatic rings. The maximum absolute atomic E-state index is 13.1. The SMILES string of the molecule is CC/C=C\C/C=C\C/C=C\C/C=C\C/C=C\C/C=C\CCC(=O)OCC(COP(=O)(O)OCC(O)COP(=O)(O)OCC(COC(=O)CCC/C=C\C/C=C\C/C=C\C/C=C\C/C=C\CC)OC(=O)CCCCCCC/C=C\C/C=C\C/C=C\CC)OC(=O)CCCCCCC/C=C\C/C=C\CCC. The van der Waals surface area contributed by atoms with Crippen LogP contribution >= 0.6 is 15.6 Å². The fraction of sp³-hybridized carbons (Fsp3) is 0.576. The van der Waals surface area contributed by atoms with Crippen molar-refractivity contribution in [3.63, 3.8) is 0 Å². The van der Waals surface area contributed by atoms with Crippen LogP contribution in [0.4, 0.5) is 0 Å². The van der Waals surface area contributed by atoms with E-state index >= 15 is 0 Å². The van der Waals surface area contributed by atoms with Crippen LogP contribution in [-0.2, 0) is 65.4 Å². The molecule has 0 heterocycles. The summed E-state index contributed by atoms with van der Waals surface area (Å²) in [4.78, 5) is 72.9. The predicted molar refractivity (Wildman–Crippen MR) is 426 cm³/mol. The number of ether oxygens (including phenoxy) is 4. The first-order chi connectivity index (χ1) is 50.7. The van der Waals surface area contributed by atoms with E-state index in [4.69, 9.17) is 37.0 Å². The van der Waals surface area contributed by atoms with E-state index in [1.165, 1.54) is 0 Å². The molecule has 0 saturated carbocycles. The van der Waals surface area contributed by atoms with Gasteiger partial charge >= 0.3 is 39.5 Å². The molecule has 17 nitrogen and oxygen atoms in total. The van der Waals surface area contributed by atoms with Crippen molar-refractivity contribution in [2.75, 3.05) is 39.6 Å². The van der Waals surface area contributed by atoms with Crippen molar-refractivity contribution in [2.24, 2.45) is 0 Å². The third kappa shape index (κ3) is 74.2. The largest absolute Gasteiger partial charge is 0.472 e. The Hall–Kier alpha value is -6.10. The average Bonchev–Trinajstić information content (AvgIpc) is 0.939. The third-order valence-corrected chi connectivity index (χ3v) is 16.9. The molecular weight excluding hydrogens is 1350 g/mol. The van der Waals surface area contributed by atoms with Crippen LogP contribution in [0.3, 0.4) is 0 Å². The predicted octanol–water partition coefficient (Wildman–Crippen LogP) is 22.5. The lowest BCUT2D eigenvalue weighted by atomic mass is 10.1. The average molecular weight is 1490 g/mol. The summed E-state index contributed by atoms with van der Waals surface area (Å²) in [6, 6.07) is 0. The van der Waals surface area contributed by atoms with E-state index in [1.54, 1.807) is 0 Å². The van der Waals surface area contributed by atoms with Gasteiger partial charge in [-0.05, 0) is 161 Å². The Morgan fingerprint density at radius 2 is 0.529 bits per heavy atom. The van der Waals surface area contributed by atoms with Gasteiger partial charge in [0.25, 0.3) is 0 Å². The molecule has 5 unspecified atom stereocenters. The molecule has 19 heteroatoms. The number of aliphatic hydroxyl groups is 1. The molecule has 104 heavy (non-hydrogen) atoms. The van der Waals surface area contributed by atoms with Gasteiger partial charge in [-0.25, -0.2) is 9.13 Å². The molecular formula is C85H134O17P2. The van der Waals surface area contributed by atoms with Crippen molar-refractivity contribution < 1.29 is 80.2 Å². The summed E-state index contributed by atoms with van der Waals surface area (Å²) in [6.45, 7) is 4.24. The second-order valence-electron chi connectivity index (χ2n) is 24.8. The van der Waals surface area contributed by atoms with Crippen molar-refractivity contribution >= 4 is 39.5 Å². The Morgan fingerprint density at radius 1 is 0.279 bits per heavy atom. The molecule has 0 aliphatic carbocycles. The highest BCUT2D eigenvalue weighted by Gasteiger charge is 2.30. The van der Waals surface area contributed by atoms with Gasteiger partial charge in [-0.2, -0.15) is 0 Å². The van der Waals surface area contributed by atoms with Gasteiger partial charge in [0.2, 0.25) is 0 Å². The summed E-state index contributed by atoms with van der Waals surface area (Å²) in [5, 5.41) is 10.6. The fourth-order valence-electron chi connectivity index (χ4n) is 9.27. The summed E-state index contributed by atoms with van der Waals surface area (Å²) in [7, 11) is -10.0. The number of hydrogen-bond donors (Lipinski definition) is 3. The van der Waals surface area contributed by atoms with Gasteiger partial charge in [-0.3, -0.25) is 37.3 Å². The van der Waals surface area contributed by atoms with E-state index in [-0.39, 0.29) is 25.7 Å². The van der Waals surface area contributed by atoms with Gasteiger partial charge in [0.05, 0.1) is 26.4 Å². The van der Waals surface area contributed by atoms with Crippen molar-refractivity contribution in [2.45, 2.75) is 277 Å². The topological polar surface area (TPSA) is 237 Å². The zero-order chi connectivity index (χ0) is 76.0. The molecule has 0 aliphatic rings. The van der Waals surface area contributed by atoms with Gasteiger partial charge in [-0.1, -0.05) is 267 Å². The molecule has 0 bridgehead atoms. The van der Waals surface area contributed by atoms with Gasteiger partial charge in [0.1, 0.15) is 19.3 Å². The Labute approximate surface area is 627 Å². The number of aliphatic hydroxyl groups excluding tert-OH is 1. The summed E-state index contributed by atoms with van der Waals surface area (Å²) in [5.41, 5.74) is 0. The number of hydrogen-bond acceptors (Lipinski definition) is 15. The lowest BCUT2D eigenvalue weighted by molar-refractivity contribution is -0.161. The molecule has 5 atom stereocenters. The molecule has 0 aromatic carbocycles. The zero-order valence-corrected chi connectivity index (χ0v) is 65.6. The van der Waals surface area contributed by atoms with Crippen molar-refractivity contribution in [1.82, 2.24) is 0 Å². The summed E-state index contributed by atoms with van der Waals surface area (Å²) < 4.78 is 68.4. The van der Waals surface area contributed by atoms with Gasteiger partial charge in [0, 0.05) is 25.7 Å². The number of carbonyl (C=O) groups excluding carboxylic acids is 4. The van der Waals surface area contributed by atoms with Crippen LogP contribution < -0.4 is 0 Å². The van der Waals surface area contributed by atoms with Crippen LogP contribution in [0.25, 0.3) is 0 Å². The summed E-state index contributed by atoms with van der Waals surface area (Å²) >= 11 is 0. The number of phosphoric acid groups is 2. The Balaban J connectivity index is 5.51. The molecule has 0 saturated heterocycles. The minimum Gasteiger partial charge on any atom is -0.462 e. The first-order valence-electron chi connectivity index (χ1n) is 38.7. The molecule has 0 rings (SSSR count). The molecule has 0 fully saturated rings. The standard InChI is InChI=1S/C85H134O17P2/c1-5-9-13-17-21-25-29-33-36-38-39-41-44-47-50-54-58-62-66-70-83(88)95-75-80(101-84(89)71-67-63-59-55-51-45-32-28-24-20-16-12-8-4)77-99-103(91,92)97-73-79(86)74-98-104(93,94)100-78-81(102-85(90)72-68-64-60-56-52-48-42-35-31-27-23-19-15-11-7-3)76-96-82(87)69-65-61-57-53-49-46-43-40-37-34-30-26-22-18-14-10-6-2/h9-11,13-16,20-23,25-28,32-37,39,41-43,46-47,50,53,57-58,62,79-81,86H,5-8,12,17-19,24,29-31,38,40,44-45,48-49,51-52,54-56,59-61,63-78H2,1-4H3,(H,91,92)(H,93,94)/b13-9-,14-10-,15-11-,20-16-,25-21-,26-22-,27-23-,32-28-,36-33-,37-34-,41-39-,42-35-,46-43-,50-47-,57-53-,62-58-. The maximum atomic E-state index is 13.1. The molecule has 0 radical (unpaired) electrons. The molecule has 0 aromatic heterocycles. The van der Waals surface area contributed by atoms with Crippen LogP contribution in [0.5, 0.6) is 0 Å². The van der Waals surface area contributed by atoms with Gasteiger partial charge < -0.3 is 33.8 Å². The fourth-order valence-corrected chi connectivity index (χ4v) is 10.9. The van der Waals surface area contributed by atoms with Gasteiger partial charge in [0.15, 0.2) is 12.2 Å². The number of unbranched alkanes of at least 4 members (excludes halogenated alkanes) is 12. The highest BCUT2D eigenvalue weighted by molar-refractivity contribution is 7.47. The molecule has 3 N–H and O–H groups in total. The summed E-state index contributed by atoms with van der Waals surface area (Å²) in [5.74, 6) is -2.40. The molecule has 0 aliphatic heterocycles. The highest BCUT2D eigenvalue weighted by atomic mass is 31.2.